The molecule has 0 saturated carbocycles. The average Bonchev–Trinajstić information content (AvgIpc) is 3.23. The molecule has 0 radical (unpaired) electrons. The average molecular weight is 401 g/mol. The van der Waals surface area contributed by atoms with Crippen LogP contribution in [-0.4, -0.2) is 52.4 Å². The van der Waals surface area contributed by atoms with Gasteiger partial charge in [0.1, 0.15) is 23.8 Å². The van der Waals surface area contributed by atoms with E-state index in [-0.39, 0.29) is 28.9 Å². The summed E-state index contributed by atoms with van der Waals surface area (Å²) in [5.41, 5.74) is 0.804. The van der Waals surface area contributed by atoms with E-state index in [0.717, 1.165) is 0 Å². The number of nitro groups is 1. The second kappa shape index (κ2) is 7.61. The lowest BCUT2D eigenvalue weighted by molar-refractivity contribution is -0.384. The smallest absolute Gasteiger partial charge is 0.325 e. The summed E-state index contributed by atoms with van der Waals surface area (Å²) < 4.78 is 10.4. The standard InChI is InChI=1S/C18H15N3O6S/c1-19-17(23)14(20(18(19)28)10-16(22)26-2)9-13-7-8-15(27-13)11-3-5-12(6-4-11)21(24)25/h3-9H,10H2,1-2H3. The van der Waals surface area contributed by atoms with Gasteiger partial charge in [-0.05, 0) is 36.5 Å². The number of benzene rings is 1. The summed E-state index contributed by atoms with van der Waals surface area (Å²) in [6, 6.07) is 9.22. The third kappa shape index (κ3) is 3.62. The molecule has 1 aliphatic heterocycles. The van der Waals surface area contributed by atoms with Gasteiger partial charge < -0.3 is 14.1 Å². The SMILES string of the molecule is COC(=O)CN1C(=S)N(C)C(=O)C1=Cc1ccc(-c2ccc([N+](=O)[O-])cc2)o1. The van der Waals surface area contributed by atoms with Crippen molar-refractivity contribution in [3.05, 3.63) is 58.0 Å². The summed E-state index contributed by atoms with van der Waals surface area (Å²) in [5.74, 6) is -0.0723. The van der Waals surface area contributed by atoms with Crippen LogP contribution in [0.5, 0.6) is 0 Å². The molecule has 0 N–H and O–H groups in total. The van der Waals surface area contributed by atoms with Crippen molar-refractivity contribution in [2.75, 3.05) is 20.7 Å². The number of hydrogen-bond acceptors (Lipinski definition) is 7. The van der Waals surface area contributed by atoms with Gasteiger partial charge in [-0.2, -0.15) is 0 Å². The molecule has 1 saturated heterocycles. The predicted octanol–water partition coefficient (Wildman–Crippen LogP) is 2.43. The van der Waals surface area contributed by atoms with Crippen LogP contribution in [0.25, 0.3) is 17.4 Å². The minimum atomic E-state index is -0.539. The minimum absolute atomic E-state index is 0.0239. The number of carbonyl (C=O) groups excluding carboxylic acids is 2. The lowest BCUT2D eigenvalue weighted by Crippen LogP contribution is -2.33. The Balaban J connectivity index is 1.89. The van der Waals surface area contributed by atoms with Crippen LogP contribution >= 0.6 is 12.2 Å². The number of nitrogens with zero attached hydrogens (tertiary/aromatic N) is 3. The molecule has 3 rings (SSSR count). The van der Waals surface area contributed by atoms with Crippen molar-refractivity contribution in [2.45, 2.75) is 0 Å². The third-order valence-electron chi connectivity index (χ3n) is 4.12. The van der Waals surface area contributed by atoms with E-state index in [4.69, 9.17) is 16.6 Å². The number of likely N-dealkylation sites (N-methyl/N-ethyl adjacent to an activating group) is 1. The van der Waals surface area contributed by atoms with Crippen molar-refractivity contribution in [3.8, 4) is 11.3 Å². The first-order valence-electron chi connectivity index (χ1n) is 8.04. The molecule has 10 heteroatoms. The molecule has 9 nitrogen and oxygen atoms in total. The van der Waals surface area contributed by atoms with E-state index >= 15 is 0 Å². The predicted molar refractivity (Wildman–Crippen MR) is 103 cm³/mol. The highest BCUT2D eigenvalue weighted by Gasteiger charge is 2.37. The van der Waals surface area contributed by atoms with Gasteiger partial charge in [0.2, 0.25) is 0 Å². The second-order valence-electron chi connectivity index (χ2n) is 5.84. The first-order chi connectivity index (χ1) is 13.3. The van der Waals surface area contributed by atoms with Crippen LogP contribution in [0.2, 0.25) is 0 Å². The zero-order valence-electron chi connectivity index (χ0n) is 14.9. The lowest BCUT2D eigenvalue weighted by atomic mass is 10.1. The Morgan fingerprint density at radius 1 is 1.29 bits per heavy atom. The highest BCUT2D eigenvalue weighted by atomic mass is 32.1. The largest absolute Gasteiger partial charge is 0.468 e. The van der Waals surface area contributed by atoms with E-state index < -0.39 is 10.9 Å². The molecular formula is C18H15N3O6S. The van der Waals surface area contributed by atoms with Crippen molar-refractivity contribution >= 4 is 41.0 Å². The molecule has 1 aromatic heterocycles. The molecule has 0 bridgehead atoms. The normalized spacial score (nSPS) is 15.4. The van der Waals surface area contributed by atoms with Gasteiger partial charge in [0.15, 0.2) is 5.11 Å². The van der Waals surface area contributed by atoms with Crippen molar-refractivity contribution < 1.29 is 23.7 Å². The maximum atomic E-state index is 12.4. The Hall–Kier alpha value is -3.53. The fraction of sp³-hybridized carbons (Fsp3) is 0.167. The van der Waals surface area contributed by atoms with E-state index in [1.165, 1.54) is 42.2 Å². The first-order valence-corrected chi connectivity index (χ1v) is 8.45. The van der Waals surface area contributed by atoms with Crippen LogP contribution < -0.4 is 0 Å². The number of methoxy groups -OCH3 is 1. The van der Waals surface area contributed by atoms with Gasteiger partial charge in [0.05, 0.1) is 12.0 Å². The number of nitro benzene ring substituents is 1. The fourth-order valence-corrected chi connectivity index (χ4v) is 2.86. The number of carbonyl (C=O) groups is 2. The number of rotatable bonds is 5. The molecule has 1 fully saturated rings. The number of thiocarbonyl (C=S) groups is 1. The van der Waals surface area contributed by atoms with E-state index in [1.807, 2.05) is 0 Å². The van der Waals surface area contributed by atoms with Crippen molar-refractivity contribution in [3.63, 3.8) is 0 Å². The maximum absolute atomic E-state index is 12.4. The number of hydrogen-bond donors (Lipinski definition) is 0. The number of esters is 1. The van der Waals surface area contributed by atoms with Crippen molar-refractivity contribution in [1.82, 2.24) is 9.80 Å². The third-order valence-corrected chi connectivity index (χ3v) is 4.61. The zero-order chi connectivity index (χ0) is 20.4. The van der Waals surface area contributed by atoms with Gasteiger partial charge >= 0.3 is 5.97 Å². The van der Waals surface area contributed by atoms with Gasteiger partial charge in [-0.15, -0.1) is 0 Å². The summed E-state index contributed by atoms with van der Waals surface area (Å²) >= 11 is 5.21. The zero-order valence-corrected chi connectivity index (χ0v) is 15.8. The fourth-order valence-electron chi connectivity index (χ4n) is 2.61. The maximum Gasteiger partial charge on any atom is 0.325 e. The van der Waals surface area contributed by atoms with Gasteiger partial charge in [-0.25, -0.2) is 0 Å². The summed E-state index contributed by atoms with van der Waals surface area (Å²) in [5, 5.41) is 10.9. The van der Waals surface area contributed by atoms with Crippen LogP contribution in [0.4, 0.5) is 5.69 Å². The summed E-state index contributed by atoms with van der Waals surface area (Å²) in [4.78, 5) is 37.0. The molecule has 1 aliphatic rings. The molecule has 144 valence electrons. The van der Waals surface area contributed by atoms with E-state index in [0.29, 0.717) is 17.1 Å². The molecular weight excluding hydrogens is 386 g/mol. The molecule has 28 heavy (non-hydrogen) atoms. The molecule has 1 amide bonds. The topological polar surface area (TPSA) is 106 Å². The second-order valence-corrected chi connectivity index (χ2v) is 6.21. The van der Waals surface area contributed by atoms with Crippen molar-refractivity contribution in [1.29, 1.82) is 0 Å². The summed E-state index contributed by atoms with van der Waals surface area (Å²) in [6.07, 6.45) is 1.48. The van der Waals surface area contributed by atoms with Crippen LogP contribution in [0.1, 0.15) is 5.76 Å². The molecule has 1 aromatic carbocycles. The Labute approximate surface area is 164 Å². The quantitative estimate of drug-likeness (QED) is 0.247. The highest BCUT2D eigenvalue weighted by molar-refractivity contribution is 7.80. The van der Waals surface area contributed by atoms with Crippen LogP contribution in [0, 0.1) is 10.1 Å². The van der Waals surface area contributed by atoms with Crippen LogP contribution in [0.3, 0.4) is 0 Å². The minimum Gasteiger partial charge on any atom is -0.468 e. The molecule has 0 atom stereocenters. The number of furan rings is 1. The van der Waals surface area contributed by atoms with Gasteiger partial charge in [0.25, 0.3) is 11.6 Å². The summed E-state index contributed by atoms with van der Waals surface area (Å²) in [7, 11) is 2.76. The monoisotopic (exact) mass is 401 g/mol. The van der Waals surface area contributed by atoms with E-state index in [9.17, 15) is 19.7 Å². The molecule has 0 spiro atoms. The van der Waals surface area contributed by atoms with Crippen molar-refractivity contribution in [2.24, 2.45) is 0 Å². The molecule has 0 aliphatic carbocycles. The Morgan fingerprint density at radius 3 is 2.57 bits per heavy atom. The highest BCUT2D eigenvalue weighted by Crippen LogP contribution is 2.27. The number of non-ortho nitro benzene ring substituents is 1. The van der Waals surface area contributed by atoms with Crippen LogP contribution in [-0.2, 0) is 14.3 Å². The number of amides is 1. The van der Waals surface area contributed by atoms with Crippen LogP contribution in [0.15, 0.2) is 46.5 Å². The van der Waals surface area contributed by atoms with E-state index in [2.05, 4.69) is 4.74 Å². The van der Waals surface area contributed by atoms with Gasteiger partial charge in [-0.3, -0.25) is 24.6 Å². The number of ether oxygens (including phenoxy) is 1. The van der Waals surface area contributed by atoms with Gasteiger partial charge in [-0.1, -0.05) is 0 Å². The van der Waals surface area contributed by atoms with Gasteiger partial charge in [0, 0.05) is 30.8 Å². The first kappa shape index (κ1) is 19.2. The Kier molecular flexibility index (Phi) is 5.23. The molecule has 0 unspecified atom stereocenters. The van der Waals surface area contributed by atoms with E-state index in [1.54, 1.807) is 24.3 Å². The summed E-state index contributed by atoms with van der Waals surface area (Å²) in [6.45, 7) is -0.201. The Morgan fingerprint density at radius 2 is 1.96 bits per heavy atom. The lowest BCUT2D eigenvalue weighted by Gasteiger charge is -2.16. The molecule has 2 heterocycles. The Bertz CT molecular complexity index is 995. The molecule has 2 aromatic rings.